The number of nitrogens with zero attached hydrogens (tertiary/aromatic N) is 1. The summed E-state index contributed by atoms with van der Waals surface area (Å²) in [5.41, 5.74) is 7.79. The number of rotatable bonds is 1. The summed E-state index contributed by atoms with van der Waals surface area (Å²) in [6.07, 6.45) is 3.47. The number of ketones is 1. The lowest BCUT2D eigenvalue weighted by Crippen LogP contribution is -2.31. The van der Waals surface area contributed by atoms with Gasteiger partial charge in [0.1, 0.15) is 5.75 Å². The molecule has 3 rings (SSSR count). The fourth-order valence-corrected chi connectivity index (χ4v) is 2.08. The highest BCUT2D eigenvalue weighted by molar-refractivity contribution is 6.08. The van der Waals surface area contributed by atoms with Crippen molar-refractivity contribution < 1.29 is 9.53 Å². The van der Waals surface area contributed by atoms with Gasteiger partial charge in [-0.1, -0.05) is 6.08 Å². The van der Waals surface area contributed by atoms with Gasteiger partial charge in [0.05, 0.1) is 24.4 Å². The molecule has 2 N–H and O–H groups in total. The fraction of sp³-hybridized carbons (Fsp3) is 0.143. The molecule has 1 heterocycles. The zero-order chi connectivity index (χ0) is 12.7. The number of benzene rings is 1. The number of Topliss-reactive ketones (excluding diaryl/α,β-unsaturated/α-hetero) is 1. The second-order valence-electron chi connectivity index (χ2n) is 4.23. The Hall–Kier alpha value is -2.20. The van der Waals surface area contributed by atoms with Crippen LogP contribution in [0.5, 0.6) is 5.75 Å². The Labute approximate surface area is 104 Å². The van der Waals surface area contributed by atoms with Gasteiger partial charge in [-0.2, -0.15) is 0 Å². The molecule has 2 aromatic rings. The Morgan fingerprint density at radius 1 is 1.33 bits per heavy atom. The van der Waals surface area contributed by atoms with Crippen molar-refractivity contribution in [2.24, 2.45) is 5.73 Å². The summed E-state index contributed by atoms with van der Waals surface area (Å²) in [7, 11) is 1.61. The first-order valence-electron chi connectivity index (χ1n) is 5.66. The van der Waals surface area contributed by atoms with Crippen LogP contribution in [0.25, 0.3) is 17.0 Å². The standard InChI is InChI=1S/C14H12N2O2/c1-18-9-2-4-12-8(6-9)7-10-13(16-12)5-3-11(15)14(10)17/h2-7,11H,15H2,1H3. The number of fused-ring (bicyclic) bond motifs is 2. The van der Waals surface area contributed by atoms with Crippen molar-refractivity contribution >= 4 is 22.8 Å². The smallest absolute Gasteiger partial charge is 0.185 e. The van der Waals surface area contributed by atoms with Gasteiger partial charge in [0, 0.05) is 10.9 Å². The summed E-state index contributed by atoms with van der Waals surface area (Å²) < 4.78 is 5.16. The van der Waals surface area contributed by atoms with Gasteiger partial charge in [0.15, 0.2) is 5.78 Å². The van der Waals surface area contributed by atoms with Crippen LogP contribution in [0, 0.1) is 0 Å². The second-order valence-corrected chi connectivity index (χ2v) is 4.23. The van der Waals surface area contributed by atoms with Crippen LogP contribution in [0.4, 0.5) is 0 Å². The van der Waals surface area contributed by atoms with Gasteiger partial charge in [-0.05, 0) is 30.3 Å². The largest absolute Gasteiger partial charge is 0.497 e. The van der Waals surface area contributed by atoms with E-state index < -0.39 is 6.04 Å². The van der Waals surface area contributed by atoms with Gasteiger partial charge in [-0.15, -0.1) is 0 Å². The maximum Gasteiger partial charge on any atom is 0.185 e. The first-order chi connectivity index (χ1) is 8.69. The van der Waals surface area contributed by atoms with Crippen molar-refractivity contribution in [1.29, 1.82) is 0 Å². The van der Waals surface area contributed by atoms with Crippen LogP contribution >= 0.6 is 0 Å². The predicted molar refractivity (Wildman–Crippen MR) is 69.6 cm³/mol. The second kappa shape index (κ2) is 3.92. The number of hydrogen-bond donors (Lipinski definition) is 1. The lowest BCUT2D eigenvalue weighted by molar-refractivity contribution is 0.0976. The summed E-state index contributed by atoms with van der Waals surface area (Å²) in [5, 5.41) is 0.879. The van der Waals surface area contributed by atoms with Gasteiger partial charge in [0.25, 0.3) is 0 Å². The summed E-state index contributed by atoms with van der Waals surface area (Å²) >= 11 is 0. The maximum absolute atomic E-state index is 12.0. The average Bonchev–Trinajstić information content (AvgIpc) is 2.41. The number of ether oxygens (including phenoxy) is 1. The monoisotopic (exact) mass is 240 g/mol. The summed E-state index contributed by atoms with van der Waals surface area (Å²) in [6.45, 7) is 0. The molecular formula is C14H12N2O2. The topological polar surface area (TPSA) is 65.2 Å². The molecule has 18 heavy (non-hydrogen) atoms. The van der Waals surface area contributed by atoms with Gasteiger partial charge in [-0.25, -0.2) is 4.98 Å². The Kier molecular flexibility index (Phi) is 2.38. The third kappa shape index (κ3) is 1.58. The van der Waals surface area contributed by atoms with E-state index in [1.54, 1.807) is 19.3 Å². The zero-order valence-electron chi connectivity index (χ0n) is 9.88. The Morgan fingerprint density at radius 3 is 2.94 bits per heavy atom. The van der Waals surface area contributed by atoms with E-state index in [1.165, 1.54) is 0 Å². The Morgan fingerprint density at radius 2 is 2.17 bits per heavy atom. The van der Waals surface area contributed by atoms with Gasteiger partial charge in [0.2, 0.25) is 0 Å². The minimum absolute atomic E-state index is 0.0929. The fourth-order valence-electron chi connectivity index (χ4n) is 2.08. The molecule has 0 spiro atoms. The summed E-state index contributed by atoms with van der Waals surface area (Å²) in [6, 6.07) is 6.84. The van der Waals surface area contributed by atoms with Crippen molar-refractivity contribution in [2.45, 2.75) is 6.04 Å². The van der Waals surface area contributed by atoms with Crippen LogP contribution in [-0.4, -0.2) is 23.9 Å². The number of methoxy groups -OCH3 is 1. The normalized spacial score (nSPS) is 17.9. The van der Waals surface area contributed by atoms with E-state index in [0.29, 0.717) is 11.3 Å². The van der Waals surface area contributed by atoms with Crippen molar-refractivity contribution in [3.05, 3.63) is 41.6 Å². The highest BCUT2D eigenvalue weighted by Crippen LogP contribution is 2.25. The van der Waals surface area contributed by atoms with Crippen LogP contribution in [0.1, 0.15) is 16.1 Å². The lowest BCUT2D eigenvalue weighted by atomic mass is 9.95. The first-order valence-corrected chi connectivity index (χ1v) is 5.66. The molecule has 1 aliphatic carbocycles. The average molecular weight is 240 g/mol. The Bertz CT molecular complexity index is 677. The maximum atomic E-state index is 12.0. The van der Waals surface area contributed by atoms with E-state index in [4.69, 9.17) is 10.5 Å². The third-order valence-electron chi connectivity index (χ3n) is 3.08. The van der Waals surface area contributed by atoms with Crippen LogP contribution in [0.2, 0.25) is 0 Å². The molecule has 4 nitrogen and oxygen atoms in total. The molecule has 90 valence electrons. The molecule has 1 aromatic heterocycles. The van der Waals surface area contributed by atoms with Crippen LogP contribution < -0.4 is 10.5 Å². The van der Waals surface area contributed by atoms with E-state index in [1.807, 2.05) is 24.3 Å². The van der Waals surface area contributed by atoms with Crippen molar-refractivity contribution in [1.82, 2.24) is 4.98 Å². The number of nitrogens with two attached hydrogens (primary N) is 1. The van der Waals surface area contributed by atoms with E-state index in [2.05, 4.69) is 4.98 Å². The molecule has 0 aliphatic heterocycles. The number of hydrogen-bond acceptors (Lipinski definition) is 4. The minimum Gasteiger partial charge on any atom is -0.497 e. The molecule has 0 saturated heterocycles. The number of carbonyl (C=O) groups excluding carboxylic acids is 1. The van der Waals surface area contributed by atoms with Crippen LogP contribution in [0.15, 0.2) is 30.3 Å². The van der Waals surface area contributed by atoms with Crippen LogP contribution in [-0.2, 0) is 0 Å². The Balaban J connectivity index is 2.26. The molecule has 4 heteroatoms. The molecule has 0 saturated carbocycles. The summed E-state index contributed by atoms with van der Waals surface area (Å²) in [5.74, 6) is 0.650. The summed E-state index contributed by atoms with van der Waals surface area (Å²) in [4.78, 5) is 16.4. The number of carbonyl (C=O) groups is 1. The molecular weight excluding hydrogens is 228 g/mol. The SMILES string of the molecule is COc1ccc2nc3c(cc2c1)C(=O)C(N)C=C3. The highest BCUT2D eigenvalue weighted by atomic mass is 16.5. The zero-order valence-corrected chi connectivity index (χ0v) is 9.88. The van der Waals surface area contributed by atoms with Gasteiger partial charge in [-0.3, -0.25) is 4.79 Å². The van der Waals surface area contributed by atoms with E-state index in [0.717, 1.165) is 16.7 Å². The lowest BCUT2D eigenvalue weighted by Gasteiger charge is -2.14. The first kappa shape index (κ1) is 10.9. The van der Waals surface area contributed by atoms with Crippen LogP contribution in [0.3, 0.4) is 0 Å². The molecule has 1 unspecified atom stereocenters. The molecule has 1 aromatic carbocycles. The molecule has 1 aliphatic rings. The molecule has 0 amide bonds. The molecule has 0 bridgehead atoms. The molecule has 0 radical (unpaired) electrons. The highest BCUT2D eigenvalue weighted by Gasteiger charge is 2.21. The van der Waals surface area contributed by atoms with Gasteiger partial charge >= 0.3 is 0 Å². The van der Waals surface area contributed by atoms with Gasteiger partial charge < -0.3 is 10.5 Å². The molecule has 1 atom stereocenters. The van der Waals surface area contributed by atoms with Crippen molar-refractivity contribution in [3.63, 3.8) is 0 Å². The molecule has 0 fully saturated rings. The minimum atomic E-state index is -0.567. The van der Waals surface area contributed by atoms with Crippen molar-refractivity contribution in [3.8, 4) is 5.75 Å². The number of pyridine rings is 1. The van der Waals surface area contributed by atoms with E-state index in [9.17, 15) is 4.79 Å². The predicted octanol–water partition coefficient (Wildman–Crippen LogP) is 1.78. The third-order valence-corrected chi connectivity index (χ3v) is 3.08. The quantitative estimate of drug-likeness (QED) is 0.825. The van der Waals surface area contributed by atoms with E-state index in [-0.39, 0.29) is 5.78 Å². The number of aromatic nitrogens is 1. The van der Waals surface area contributed by atoms with Crippen molar-refractivity contribution in [2.75, 3.05) is 7.11 Å². The van der Waals surface area contributed by atoms with E-state index >= 15 is 0 Å².